The van der Waals surface area contributed by atoms with Crippen LogP contribution in [0.2, 0.25) is 0 Å². The minimum atomic E-state index is -0.377. The van der Waals surface area contributed by atoms with Gasteiger partial charge in [-0.1, -0.05) is 0 Å². The van der Waals surface area contributed by atoms with Gasteiger partial charge in [0.15, 0.2) is 0 Å². The van der Waals surface area contributed by atoms with Gasteiger partial charge < -0.3 is 11.1 Å². The first-order valence-corrected chi connectivity index (χ1v) is 7.05. The molecule has 0 unspecified atom stereocenters. The molecule has 1 aliphatic carbocycles. The second-order valence-corrected chi connectivity index (χ2v) is 5.47. The Kier molecular flexibility index (Phi) is 5.28. The van der Waals surface area contributed by atoms with E-state index in [0.717, 1.165) is 25.5 Å². The third-order valence-electron chi connectivity index (χ3n) is 3.90. The molecule has 0 saturated heterocycles. The average Bonchev–Trinajstić information content (AvgIpc) is 2.40. The summed E-state index contributed by atoms with van der Waals surface area (Å²) >= 11 is 0. The molecule has 1 aromatic carbocycles. The SMILES string of the molecule is NC1CCC(CNCCc2cc(F)ccc2F)CC1. The van der Waals surface area contributed by atoms with Gasteiger partial charge in [-0.25, -0.2) is 8.78 Å². The van der Waals surface area contributed by atoms with Crippen molar-refractivity contribution in [1.29, 1.82) is 0 Å². The Morgan fingerprint density at radius 3 is 2.63 bits per heavy atom. The molecule has 2 rings (SSSR count). The van der Waals surface area contributed by atoms with Crippen LogP contribution in [0.25, 0.3) is 0 Å². The van der Waals surface area contributed by atoms with Gasteiger partial charge in [0.1, 0.15) is 11.6 Å². The molecular weight excluding hydrogens is 246 g/mol. The lowest BCUT2D eigenvalue weighted by molar-refractivity contribution is 0.315. The van der Waals surface area contributed by atoms with Gasteiger partial charge >= 0.3 is 0 Å². The molecule has 0 amide bonds. The van der Waals surface area contributed by atoms with Crippen LogP contribution in [0.1, 0.15) is 31.2 Å². The van der Waals surface area contributed by atoms with Crippen LogP contribution in [-0.2, 0) is 6.42 Å². The van der Waals surface area contributed by atoms with Gasteiger partial charge in [-0.15, -0.1) is 0 Å². The van der Waals surface area contributed by atoms with Gasteiger partial charge in [0.25, 0.3) is 0 Å². The molecule has 2 nitrogen and oxygen atoms in total. The minimum absolute atomic E-state index is 0.327. The van der Waals surface area contributed by atoms with E-state index in [1.165, 1.54) is 25.0 Å². The van der Waals surface area contributed by atoms with Crippen molar-refractivity contribution in [2.75, 3.05) is 13.1 Å². The molecule has 19 heavy (non-hydrogen) atoms. The minimum Gasteiger partial charge on any atom is -0.328 e. The third kappa shape index (κ3) is 4.55. The van der Waals surface area contributed by atoms with Crippen molar-refractivity contribution < 1.29 is 8.78 Å². The van der Waals surface area contributed by atoms with Crippen LogP contribution in [0.15, 0.2) is 18.2 Å². The second-order valence-electron chi connectivity index (χ2n) is 5.47. The maximum Gasteiger partial charge on any atom is 0.126 e. The number of hydrogen-bond donors (Lipinski definition) is 2. The molecule has 0 bridgehead atoms. The normalized spacial score (nSPS) is 23.5. The quantitative estimate of drug-likeness (QED) is 0.806. The van der Waals surface area contributed by atoms with Gasteiger partial charge in [0.05, 0.1) is 0 Å². The zero-order valence-corrected chi connectivity index (χ0v) is 11.2. The summed E-state index contributed by atoms with van der Waals surface area (Å²) in [5.41, 5.74) is 6.30. The van der Waals surface area contributed by atoms with Gasteiger partial charge in [-0.2, -0.15) is 0 Å². The number of benzene rings is 1. The Hall–Kier alpha value is -1.00. The molecule has 1 aliphatic rings. The summed E-state index contributed by atoms with van der Waals surface area (Å²) in [5, 5.41) is 3.34. The molecule has 106 valence electrons. The summed E-state index contributed by atoms with van der Waals surface area (Å²) in [6.07, 6.45) is 5.07. The van der Waals surface area contributed by atoms with E-state index >= 15 is 0 Å². The molecule has 0 heterocycles. The van der Waals surface area contributed by atoms with E-state index in [4.69, 9.17) is 5.73 Å². The maximum absolute atomic E-state index is 13.4. The molecule has 0 aliphatic heterocycles. The largest absolute Gasteiger partial charge is 0.328 e. The molecule has 1 saturated carbocycles. The van der Waals surface area contributed by atoms with Crippen LogP contribution in [0.4, 0.5) is 8.78 Å². The van der Waals surface area contributed by atoms with E-state index in [1.54, 1.807) is 0 Å². The monoisotopic (exact) mass is 268 g/mol. The fraction of sp³-hybridized carbons (Fsp3) is 0.600. The highest BCUT2D eigenvalue weighted by molar-refractivity contribution is 5.18. The summed E-state index contributed by atoms with van der Waals surface area (Å²) < 4.78 is 26.4. The second kappa shape index (κ2) is 6.96. The smallest absolute Gasteiger partial charge is 0.126 e. The van der Waals surface area contributed by atoms with Gasteiger partial charge in [-0.3, -0.25) is 0 Å². The van der Waals surface area contributed by atoms with Gasteiger partial charge in [0.2, 0.25) is 0 Å². The molecule has 1 aromatic rings. The highest BCUT2D eigenvalue weighted by atomic mass is 19.1. The summed E-state index contributed by atoms with van der Waals surface area (Å²) in [6, 6.07) is 3.99. The lowest BCUT2D eigenvalue weighted by Gasteiger charge is -2.26. The summed E-state index contributed by atoms with van der Waals surface area (Å²) in [7, 11) is 0. The van der Waals surface area contributed by atoms with Crippen molar-refractivity contribution in [2.24, 2.45) is 11.7 Å². The molecular formula is C15H22F2N2. The van der Waals surface area contributed by atoms with Crippen molar-refractivity contribution in [1.82, 2.24) is 5.32 Å². The molecule has 0 radical (unpaired) electrons. The van der Waals surface area contributed by atoms with Crippen LogP contribution < -0.4 is 11.1 Å². The Morgan fingerprint density at radius 2 is 1.89 bits per heavy atom. The first-order chi connectivity index (χ1) is 9.15. The number of nitrogens with two attached hydrogens (primary N) is 1. The Bertz CT molecular complexity index is 401. The lowest BCUT2D eigenvalue weighted by atomic mass is 9.86. The molecule has 0 atom stereocenters. The van der Waals surface area contributed by atoms with Crippen LogP contribution in [0.3, 0.4) is 0 Å². The molecule has 4 heteroatoms. The molecule has 0 aromatic heterocycles. The van der Waals surface area contributed by atoms with Crippen molar-refractivity contribution in [3.05, 3.63) is 35.4 Å². The molecule has 0 spiro atoms. The topological polar surface area (TPSA) is 38.0 Å². The predicted octanol–water partition coefficient (Wildman–Crippen LogP) is 2.61. The fourth-order valence-electron chi connectivity index (χ4n) is 2.66. The molecule has 3 N–H and O–H groups in total. The first-order valence-electron chi connectivity index (χ1n) is 7.05. The first kappa shape index (κ1) is 14.4. The predicted molar refractivity (Wildman–Crippen MR) is 72.9 cm³/mol. The molecule has 1 fully saturated rings. The number of hydrogen-bond acceptors (Lipinski definition) is 2. The highest BCUT2D eigenvalue weighted by Gasteiger charge is 2.17. The summed E-state index contributed by atoms with van der Waals surface area (Å²) in [5.74, 6) is -0.0262. The van der Waals surface area contributed by atoms with Crippen molar-refractivity contribution in [2.45, 2.75) is 38.1 Å². The van der Waals surface area contributed by atoms with Gasteiger partial charge in [0, 0.05) is 6.04 Å². The zero-order chi connectivity index (χ0) is 13.7. The number of halogens is 2. The Balaban J connectivity index is 1.68. The van der Waals surface area contributed by atoms with E-state index in [0.29, 0.717) is 30.5 Å². The van der Waals surface area contributed by atoms with Gasteiger partial charge in [-0.05, 0) is 74.9 Å². The van der Waals surface area contributed by atoms with Crippen molar-refractivity contribution >= 4 is 0 Å². The maximum atomic E-state index is 13.4. The summed E-state index contributed by atoms with van der Waals surface area (Å²) in [4.78, 5) is 0. The van der Waals surface area contributed by atoms with Crippen molar-refractivity contribution in [3.8, 4) is 0 Å². The Labute approximate surface area is 113 Å². The van der Waals surface area contributed by atoms with E-state index in [-0.39, 0.29) is 11.6 Å². The van der Waals surface area contributed by atoms with Crippen LogP contribution in [0, 0.1) is 17.6 Å². The van der Waals surface area contributed by atoms with E-state index in [1.807, 2.05) is 0 Å². The van der Waals surface area contributed by atoms with Crippen molar-refractivity contribution in [3.63, 3.8) is 0 Å². The van der Waals surface area contributed by atoms with E-state index in [2.05, 4.69) is 5.32 Å². The lowest BCUT2D eigenvalue weighted by Crippen LogP contribution is -2.32. The zero-order valence-electron chi connectivity index (χ0n) is 11.2. The van der Waals surface area contributed by atoms with E-state index < -0.39 is 0 Å². The number of rotatable bonds is 5. The average molecular weight is 268 g/mol. The highest BCUT2D eigenvalue weighted by Crippen LogP contribution is 2.22. The van der Waals surface area contributed by atoms with Crippen LogP contribution in [-0.4, -0.2) is 19.1 Å². The fourth-order valence-corrected chi connectivity index (χ4v) is 2.66. The standard InChI is InChI=1S/C15H22F2N2/c16-13-3-6-15(17)12(9-13)7-8-19-10-11-1-4-14(18)5-2-11/h3,6,9,11,14,19H,1-2,4-5,7-8,10,18H2. The van der Waals surface area contributed by atoms with Crippen LogP contribution >= 0.6 is 0 Å². The van der Waals surface area contributed by atoms with Crippen LogP contribution in [0.5, 0.6) is 0 Å². The third-order valence-corrected chi connectivity index (χ3v) is 3.90. The Morgan fingerprint density at radius 1 is 1.16 bits per heavy atom. The van der Waals surface area contributed by atoms with E-state index in [9.17, 15) is 8.78 Å². The summed E-state index contributed by atoms with van der Waals surface area (Å²) in [6.45, 7) is 1.63. The number of nitrogens with one attached hydrogen (secondary N) is 1.